The molecule has 3 N–H and O–H groups in total. The Balaban J connectivity index is 1.86. The Kier molecular flexibility index (Phi) is 5.57. The molecule has 10 heteroatoms. The Morgan fingerprint density at radius 2 is 2.07 bits per heavy atom. The van der Waals surface area contributed by atoms with Crippen LogP contribution in [0.25, 0.3) is 0 Å². The molecule has 0 saturated heterocycles. The van der Waals surface area contributed by atoms with Crippen molar-refractivity contribution in [2.24, 2.45) is 5.41 Å². The lowest BCUT2D eigenvalue weighted by Crippen LogP contribution is -2.48. The first-order valence-electron chi connectivity index (χ1n) is 9.55. The quantitative estimate of drug-likeness (QED) is 0.642. The number of carboxylic acid groups (broad SMARTS) is 1. The minimum atomic E-state index is -4.53. The van der Waals surface area contributed by atoms with Gasteiger partial charge in [-0.2, -0.15) is 13.2 Å². The molecule has 30 heavy (non-hydrogen) atoms. The molecule has 0 spiro atoms. The molecule has 1 aliphatic heterocycles. The largest absolute Gasteiger partial charge is 0.465 e. The summed E-state index contributed by atoms with van der Waals surface area (Å²) in [5.41, 5.74) is -2.37. The van der Waals surface area contributed by atoms with Crippen molar-refractivity contribution in [2.75, 3.05) is 6.54 Å². The molecule has 2 amide bonds. The first-order chi connectivity index (χ1) is 13.8. The zero-order valence-corrected chi connectivity index (χ0v) is 16.7. The molecule has 2 aliphatic rings. The van der Waals surface area contributed by atoms with Crippen molar-refractivity contribution in [3.63, 3.8) is 0 Å². The monoisotopic (exact) mass is 427 g/mol. The van der Waals surface area contributed by atoms with E-state index in [1.165, 1.54) is 4.90 Å². The fourth-order valence-electron chi connectivity index (χ4n) is 4.29. The fourth-order valence-corrected chi connectivity index (χ4v) is 4.29. The van der Waals surface area contributed by atoms with E-state index in [-0.39, 0.29) is 31.8 Å². The highest BCUT2D eigenvalue weighted by Gasteiger charge is 2.47. The number of aliphatic hydroxyl groups is 1. The number of amides is 2. The molecule has 0 radical (unpaired) electrons. The third-order valence-corrected chi connectivity index (χ3v) is 5.37. The second kappa shape index (κ2) is 7.57. The van der Waals surface area contributed by atoms with E-state index in [9.17, 15) is 27.9 Å². The molecule has 1 aromatic rings. The predicted octanol–water partition coefficient (Wildman–Crippen LogP) is 2.73. The van der Waals surface area contributed by atoms with Crippen LogP contribution >= 0.6 is 0 Å². The van der Waals surface area contributed by atoms with Gasteiger partial charge in [-0.1, -0.05) is 12.2 Å². The van der Waals surface area contributed by atoms with Crippen LogP contribution in [0, 0.1) is 5.41 Å². The molecule has 164 valence electrons. The third-order valence-electron chi connectivity index (χ3n) is 5.37. The van der Waals surface area contributed by atoms with Crippen LogP contribution in [0.5, 0.6) is 0 Å². The van der Waals surface area contributed by atoms with Crippen molar-refractivity contribution < 1.29 is 33.0 Å². The van der Waals surface area contributed by atoms with Crippen molar-refractivity contribution in [1.82, 2.24) is 15.2 Å². The molecule has 2 heterocycles. The third kappa shape index (κ3) is 4.75. The van der Waals surface area contributed by atoms with Gasteiger partial charge in [0.2, 0.25) is 5.91 Å². The maximum Gasteiger partial charge on any atom is 0.417 e. The van der Waals surface area contributed by atoms with Crippen molar-refractivity contribution >= 4 is 12.0 Å². The molecular formula is C20H24F3N3O4. The van der Waals surface area contributed by atoms with Gasteiger partial charge in [0.15, 0.2) is 0 Å². The van der Waals surface area contributed by atoms with Gasteiger partial charge in [-0.15, -0.1) is 0 Å². The van der Waals surface area contributed by atoms with Crippen LogP contribution < -0.4 is 5.32 Å². The van der Waals surface area contributed by atoms with Crippen LogP contribution in [0.3, 0.4) is 0 Å². The van der Waals surface area contributed by atoms with Crippen LogP contribution in [0.2, 0.25) is 0 Å². The number of carbonyl (C=O) groups excluding carboxylic acids is 1. The van der Waals surface area contributed by atoms with E-state index in [1.807, 2.05) is 0 Å². The van der Waals surface area contributed by atoms with Crippen LogP contribution in [0.4, 0.5) is 18.0 Å². The first kappa shape index (κ1) is 22.1. The molecule has 0 aromatic carbocycles. The second-order valence-electron chi connectivity index (χ2n) is 8.57. The van der Waals surface area contributed by atoms with Crippen LogP contribution in [0.15, 0.2) is 24.4 Å². The van der Waals surface area contributed by atoms with Gasteiger partial charge in [-0.25, -0.2) is 4.79 Å². The first-order valence-corrected chi connectivity index (χ1v) is 9.55. The lowest BCUT2D eigenvalue weighted by Gasteiger charge is -2.39. The summed E-state index contributed by atoms with van der Waals surface area (Å²) in [4.78, 5) is 29.8. The zero-order chi connectivity index (χ0) is 22.3. The highest BCUT2D eigenvalue weighted by atomic mass is 19.4. The average molecular weight is 427 g/mol. The molecular weight excluding hydrogens is 403 g/mol. The molecule has 1 aliphatic carbocycles. The SMILES string of the molecule is CC(C)(O)C[C@]1(C(=O)N2CCc3ncc(C(F)(F)F)cc3C2)C=C[C@@H](NC(=O)O)C1. The van der Waals surface area contributed by atoms with Crippen LogP contribution in [-0.2, 0) is 23.9 Å². The van der Waals surface area contributed by atoms with Gasteiger partial charge in [0.1, 0.15) is 0 Å². The summed E-state index contributed by atoms with van der Waals surface area (Å²) in [7, 11) is 0. The Morgan fingerprint density at radius 3 is 2.67 bits per heavy atom. The van der Waals surface area contributed by atoms with E-state index in [4.69, 9.17) is 5.11 Å². The average Bonchev–Trinajstić information content (AvgIpc) is 3.00. The summed E-state index contributed by atoms with van der Waals surface area (Å²) in [5.74, 6) is -0.348. The summed E-state index contributed by atoms with van der Waals surface area (Å²) >= 11 is 0. The van der Waals surface area contributed by atoms with E-state index >= 15 is 0 Å². The van der Waals surface area contributed by atoms with Gasteiger partial charge in [0, 0.05) is 31.4 Å². The normalized spacial score (nSPS) is 23.9. The number of aromatic nitrogens is 1. The lowest BCUT2D eigenvalue weighted by molar-refractivity contribution is -0.143. The number of hydrogen-bond acceptors (Lipinski definition) is 4. The van der Waals surface area contributed by atoms with Gasteiger partial charge >= 0.3 is 12.3 Å². The number of nitrogens with zero attached hydrogens (tertiary/aromatic N) is 2. The molecule has 3 rings (SSSR count). The molecule has 0 fully saturated rings. The standard InChI is InChI=1S/C20H24F3N3O4/c1-18(2,30)11-19(5-3-14(8-19)25-17(28)29)16(27)26-6-4-15-12(10-26)7-13(9-24-15)20(21,22)23/h3,5,7,9,14,25,30H,4,6,8,10-11H2,1-2H3,(H,28,29)/t14-,19+/m1/s1. The maximum atomic E-state index is 13.5. The molecule has 0 bridgehead atoms. The lowest BCUT2D eigenvalue weighted by atomic mass is 9.76. The Hall–Kier alpha value is -2.62. The minimum absolute atomic E-state index is 0.0242. The number of fused-ring (bicyclic) bond motifs is 1. The number of pyridine rings is 1. The number of nitrogens with one attached hydrogen (secondary N) is 1. The molecule has 0 saturated carbocycles. The Morgan fingerprint density at radius 1 is 1.37 bits per heavy atom. The summed E-state index contributed by atoms with van der Waals surface area (Å²) in [5, 5.41) is 21.7. The van der Waals surface area contributed by atoms with Gasteiger partial charge in [-0.3, -0.25) is 9.78 Å². The molecule has 2 atom stereocenters. The Bertz CT molecular complexity index is 879. The highest BCUT2D eigenvalue weighted by Crippen LogP contribution is 2.42. The predicted molar refractivity (Wildman–Crippen MR) is 100 cm³/mol. The van der Waals surface area contributed by atoms with Crippen molar-refractivity contribution in [2.45, 2.75) is 57.5 Å². The molecule has 1 aromatic heterocycles. The van der Waals surface area contributed by atoms with Crippen molar-refractivity contribution in [3.05, 3.63) is 41.2 Å². The Labute approximate surface area is 171 Å². The minimum Gasteiger partial charge on any atom is -0.465 e. The highest BCUT2D eigenvalue weighted by molar-refractivity contribution is 5.86. The van der Waals surface area contributed by atoms with Gasteiger partial charge in [0.05, 0.1) is 22.6 Å². The van der Waals surface area contributed by atoms with Crippen molar-refractivity contribution in [1.29, 1.82) is 0 Å². The number of rotatable bonds is 4. The maximum absolute atomic E-state index is 13.5. The number of hydrogen-bond donors (Lipinski definition) is 3. The topological polar surface area (TPSA) is 103 Å². The van der Waals surface area contributed by atoms with Gasteiger partial charge < -0.3 is 20.4 Å². The summed E-state index contributed by atoms with van der Waals surface area (Å²) in [6.07, 6.45) is -1.27. The number of alkyl halides is 3. The fraction of sp³-hybridized carbons (Fsp3) is 0.550. The summed E-state index contributed by atoms with van der Waals surface area (Å²) in [6.45, 7) is 3.37. The van der Waals surface area contributed by atoms with Crippen molar-refractivity contribution in [3.8, 4) is 0 Å². The number of carbonyl (C=O) groups is 2. The van der Waals surface area contributed by atoms with E-state index in [0.717, 1.165) is 12.3 Å². The summed E-state index contributed by atoms with van der Waals surface area (Å²) < 4.78 is 39.1. The van der Waals surface area contributed by atoms with Crippen LogP contribution in [0.1, 0.15) is 43.5 Å². The van der Waals surface area contributed by atoms with Gasteiger partial charge in [-0.05, 0) is 38.3 Å². The molecule has 7 nitrogen and oxygen atoms in total. The zero-order valence-electron chi connectivity index (χ0n) is 16.7. The molecule has 0 unspecified atom stereocenters. The van der Waals surface area contributed by atoms with Crippen LogP contribution in [-0.4, -0.2) is 50.3 Å². The van der Waals surface area contributed by atoms with E-state index in [0.29, 0.717) is 17.7 Å². The van der Waals surface area contributed by atoms with E-state index in [1.54, 1.807) is 26.0 Å². The smallest absolute Gasteiger partial charge is 0.417 e. The van der Waals surface area contributed by atoms with E-state index < -0.39 is 34.9 Å². The number of halogens is 3. The van der Waals surface area contributed by atoms with E-state index in [2.05, 4.69) is 10.3 Å². The van der Waals surface area contributed by atoms with Gasteiger partial charge in [0.25, 0.3) is 0 Å². The second-order valence-corrected chi connectivity index (χ2v) is 8.57. The summed E-state index contributed by atoms with van der Waals surface area (Å²) in [6, 6.07) is 0.424.